The number of hydrogen-bond acceptors (Lipinski definition) is 2. The van der Waals surface area contributed by atoms with Gasteiger partial charge in [0.15, 0.2) is 0 Å². The maximum atomic E-state index is 2.41. The summed E-state index contributed by atoms with van der Waals surface area (Å²) in [4.78, 5) is 4.00. The number of hydrogen-bond donors (Lipinski definition) is 0. The van der Waals surface area contributed by atoms with E-state index in [1.807, 2.05) is 52.1 Å². The second kappa shape index (κ2) is 16.1. The van der Waals surface area contributed by atoms with E-state index in [9.17, 15) is 0 Å². The van der Waals surface area contributed by atoms with Crippen LogP contribution >= 0.6 is 0 Å². The largest absolute Gasteiger partial charge is 0.312 e. The molecular formula is C31H52N2. The number of unbranched alkanes of at least 4 members (excludes halogenated alkanes) is 6. The lowest BCUT2D eigenvalue weighted by Crippen LogP contribution is -2.25. The average Bonchev–Trinajstić information content (AvgIpc) is 3.04. The van der Waals surface area contributed by atoms with Crippen LogP contribution in [0.25, 0.3) is 11.1 Å². The first-order valence-electron chi connectivity index (χ1n) is 13.2. The molecule has 0 unspecified atom stereocenters. The summed E-state index contributed by atoms with van der Waals surface area (Å²) in [5.74, 6) is 0. The molecule has 0 aromatic heterocycles. The van der Waals surface area contributed by atoms with Gasteiger partial charge in [-0.1, -0.05) is 114 Å². The van der Waals surface area contributed by atoms with Gasteiger partial charge in [0.25, 0.3) is 0 Å². The second-order valence-corrected chi connectivity index (χ2v) is 10.5. The van der Waals surface area contributed by atoms with Gasteiger partial charge in [-0.15, -0.1) is 0 Å². The van der Waals surface area contributed by atoms with Crippen LogP contribution < -0.4 is 0 Å². The fourth-order valence-corrected chi connectivity index (χ4v) is 4.79. The van der Waals surface area contributed by atoms with Crippen LogP contribution in [-0.4, -0.2) is 52.1 Å². The van der Waals surface area contributed by atoms with E-state index in [1.165, 1.54) is 75.3 Å². The summed E-state index contributed by atoms with van der Waals surface area (Å²) >= 11 is 0. The highest BCUT2D eigenvalue weighted by molar-refractivity contribution is 5.80. The molecule has 0 saturated heterocycles. The van der Waals surface area contributed by atoms with Gasteiger partial charge in [-0.05, 0) is 77.4 Å². The number of fused-ring (bicyclic) bond motifs is 3. The van der Waals surface area contributed by atoms with Crippen molar-refractivity contribution in [2.45, 2.75) is 83.5 Å². The molecule has 1 aliphatic carbocycles. The Kier molecular flexibility index (Phi) is 14.3. The van der Waals surface area contributed by atoms with Gasteiger partial charge < -0.3 is 9.80 Å². The Labute approximate surface area is 206 Å². The second-order valence-electron chi connectivity index (χ2n) is 10.5. The Hall–Kier alpha value is -1.64. The van der Waals surface area contributed by atoms with Crippen LogP contribution in [0.15, 0.2) is 48.5 Å². The number of nitrogens with zero attached hydrogens (tertiary/aromatic N) is 2. The standard InChI is InChI=1S/C25H34.2C3H9N/c1-3-5-7-13-19-25(20-14-8-6-4-2)23-17-11-9-15-21(23)22-16-10-12-18-24(22)25;2*1-4(2)3/h9-12,15-18H,3-8,13-14,19-20H2,1-2H3;2*1-3H3. The van der Waals surface area contributed by atoms with Crippen LogP contribution in [0, 0.1) is 0 Å². The molecule has 1 aliphatic rings. The van der Waals surface area contributed by atoms with Gasteiger partial charge in [0.1, 0.15) is 0 Å². The van der Waals surface area contributed by atoms with Crippen molar-refractivity contribution in [2.24, 2.45) is 0 Å². The summed E-state index contributed by atoms with van der Waals surface area (Å²) in [7, 11) is 12.0. The van der Waals surface area contributed by atoms with E-state index in [-0.39, 0.29) is 5.41 Å². The fourth-order valence-electron chi connectivity index (χ4n) is 4.79. The predicted molar refractivity (Wildman–Crippen MR) is 149 cm³/mol. The number of benzene rings is 2. The molecule has 0 heterocycles. The van der Waals surface area contributed by atoms with E-state index in [0.29, 0.717) is 0 Å². The molecule has 0 atom stereocenters. The van der Waals surface area contributed by atoms with E-state index in [1.54, 1.807) is 11.1 Å². The highest BCUT2D eigenvalue weighted by Gasteiger charge is 2.41. The molecule has 0 saturated carbocycles. The molecule has 0 N–H and O–H groups in total. The van der Waals surface area contributed by atoms with Crippen LogP contribution in [0.1, 0.15) is 89.2 Å². The molecule has 2 heteroatoms. The Morgan fingerprint density at radius 1 is 0.515 bits per heavy atom. The van der Waals surface area contributed by atoms with Crippen molar-refractivity contribution >= 4 is 0 Å². The Bertz CT molecular complexity index is 692. The molecule has 0 spiro atoms. The summed E-state index contributed by atoms with van der Waals surface area (Å²) in [6, 6.07) is 18.4. The zero-order valence-corrected chi connectivity index (χ0v) is 23.1. The van der Waals surface area contributed by atoms with E-state index in [2.05, 4.69) is 62.4 Å². The maximum absolute atomic E-state index is 2.41. The highest BCUT2D eigenvalue weighted by Crippen LogP contribution is 2.53. The van der Waals surface area contributed by atoms with Crippen LogP contribution in [-0.2, 0) is 5.41 Å². The zero-order chi connectivity index (χ0) is 24.7. The first-order chi connectivity index (χ1) is 15.8. The minimum atomic E-state index is 0.259. The molecule has 0 fully saturated rings. The van der Waals surface area contributed by atoms with Gasteiger partial charge in [-0.25, -0.2) is 0 Å². The molecule has 0 radical (unpaired) electrons. The van der Waals surface area contributed by atoms with Crippen LogP contribution in [0.5, 0.6) is 0 Å². The van der Waals surface area contributed by atoms with Crippen molar-refractivity contribution in [3.05, 3.63) is 59.7 Å². The highest BCUT2D eigenvalue weighted by atomic mass is 15.0. The van der Waals surface area contributed by atoms with Gasteiger partial charge in [-0.2, -0.15) is 0 Å². The molecule has 33 heavy (non-hydrogen) atoms. The van der Waals surface area contributed by atoms with E-state index in [0.717, 1.165) is 0 Å². The van der Waals surface area contributed by atoms with Gasteiger partial charge in [0, 0.05) is 5.41 Å². The van der Waals surface area contributed by atoms with Crippen LogP contribution in [0.4, 0.5) is 0 Å². The Morgan fingerprint density at radius 3 is 1.18 bits per heavy atom. The number of rotatable bonds is 10. The molecular weight excluding hydrogens is 400 g/mol. The zero-order valence-electron chi connectivity index (χ0n) is 23.1. The quantitative estimate of drug-likeness (QED) is 0.335. The third-order valence-corrected chi connectivity index (χ3v) is 6.09. The molecule has 2 aromatic carbocycles. The van der Waals surface area contributed by atoms with Crippen molar-refractivity contribution in [1.29, 1.82) is 0 Å². The smallest absolute Gasteiger partial charge is 0.0215 e. The Morgan fingerprint density at radius 2 is 0.848 bits per heavy atom. The van der Waals surface area contributed by atoms with Crippen molar-refractivity contribution in [2.75, 3.05) is 42.3 Å². The normalized spacial score (nSPS) is 13.0. The monoisotopic (exact) mass is 452 g/mol. The SMILES string of the molecule is CCCCCCC1(CCCCCC)c2ccccc2-c2ccccc21.CN(C)C.CN(C)C. The van der Waals surface area contributed by atoms with Gasteiger partial charge in [0.2, 0.25) is 0 Å². The van der Waals surface area contributed by atoms with E-state index < -0.39 is 0 Å². The van der Waals surface area contributed by atoms with Crippen molar-refractivity contribution in [3.63, 3.8) is 0 Å². The average molecular weight is 453 g/mol. The molecule has 186 valence electrons. The molecule has 2 nitrogen and oxygen atoms in total. The summed E-state index contributed by atoms with van der Waals surface area (Å²) in [6.45, 7) is 4.61. The fraction of sp³-hybridized carbons (Fsp3) is 0.613. The molecule has 0 bridgehead atoms. The summed E-state index contributed by atoms with van der Waals surface area (Å²) in [5, 5.41) is 0. The lowest BCUT2D eigenvalue weighted by Gasteiger charge is -2.33. The third-order valence-electron chi connectivity index (χ3n) is 6.09. The first kappa shape index (κ1) is 29.4. The van der Waals surface area contributed by atoms with Gasteiger partial charge >= 0.3 is 0 Å². The van der Waals surface area contributed by atoms with Gasteiger partial charge in [0.05, 0.1) is 0 Å². The topological polar surface area (TPSA) is 6.48 Å². The first-order valence-corrected chi connectivity index (χ1v) is 13.2. The van der Waals surface area contributed by atoms with Crippen molar-refractivity contribution in [1.82, 2.24) is 9.80 Å². The minimum Gasteiger partial charge on any atom is -0.312 e. The van der Waals surface area contributed by atoms with Crippen molar-refractivity contribution in [3.8, 4) is 11.1 Å². The summed E-state index contributed by atoms with van der Waals surface area (Å²) < 4.78 is 0. The maximum Gasteiger partial charge on any atom is 0.0215 e. The summed E-state index contributed by atoms with van der Waals surface area (Å²) in [5.41, 5.74) is 6.44. The van der Waals surface area contributed by atoms with Crippen molar-refractivity contribution < 1.29 is 0 Å². The van der Waals surface area contributed by atoms with E-state index in [4.69, 9.17) is 0 Å². The van der Waals surface area contributed by atoms with Gasteiger partial charge in [-0.3, -0.25) is 0 Å². The lowest BCUT2D eigenvalue weighted by atomic mass is 9.70. The summed E-state index contributed by atoms with van der Waals surface area (Å²) in [6.07, 6.45) is 13.4. The van der Waals surface area contributed by atoms with Crippen LogP contribution in [0.2, 0.25) is 0 Å². The third kappa shape index (κ3) is 9.63. The molecule has 3 rings (SSSR count). The van der Waals surface area contributed by atoms with Crippen LogP contribution in [0.3, 0.4) is 0 Å². The van der Waals surface area contributed by atoms with E-state index >= 15 is 0 Å². The Balaban J connectivity index is 0.000000591. The molecule has 0 amide bonds. The molecule has 2 aromatic rings. The minimum absolute atomic E-state index is 0.259. The lowest BCUT2D eigenvalue weighted by molar-refractivity contribution is 0.401. The predicted octanol–water partition coefficient (Wildman–Crippen LogP) is 8.25. The molecule has 0 aliphatic heterocycles.